The van der Waals surface area contributed by atoms with Gasteiger partial charge in [0.05, 0.1) is 6.20 Å². The van der Waals surface area contributed by atoms with Crippen LogP contribution >= 0.6 is 0 Å². The Bertz CT molecular complexity index is 472. The molecule has 5 nitrogen and oxygen atoms in total. The van der Waals surface area contributed by atoms with E-state index in [0.29, 0.717) is 0 Å². The Labute approximate surface area is 94.1 Å². The first-order valence-corrected chi connectivity index (χ1v) is 5.64. The second kappa shape index (κ2) is 4.19. The van der Waals surface area contributed by atoms with Gasteiger partial charge in [-0.3, -0.25) is 4.90 Å². The summed E-state index contributed by atoms with van der Waals surface area (Å²) in [7, 11) is 0. The van der Waals surface area contributed by atoms with E-state index < -0.39 is 0 Å². The van der Waals surface area contributed by atoms with Gasteiger partial charge in [-0.15, -0.1) is 0 Å². The third-order valence-electron chi connectivity index (χ3n) is 2.96. The Morgan fingerprint density at radius 2 is 2.19 bits per heavy atom. The Morgan fingerprint density at radius 3 is 3.06 bits per heavy atom. The minimum atomic E-state index is 0.947. The van der Waals surface area contributed by atoms with E-state index in [1.54, 1.807) is 0 Å². The van der Waals surface area contributed by atoms with Crippen LogP contribution in [-0.4, -0.2) is 45.7 Å². The van der Waals surface area contributed by atoms with Gasteiger partial charge in [-0.25, -0.2) is 9.50 Å². The maximum Gasteiger partial charge on any atom is 0.159 e. The van der Waals surface area contributed by atoms with Crippen molar-refractivity contribution in [1.29, 1.82) is 0 Å². The van der Waals surface area contributed by atoms with Crippen molar-refractivity contribution in [2.45, 2.75) is 6.54 Å². The summed E-state index contributed by atoms with van der Waals surface area (Å²) < 4.78 is 1.83. The van der Waals surface area contributed by atoms with Crippen LogP contribution in [0.4, 0.5) is 0 Å². The largest absolute Gasteiger partial charge is 0.314 e. The number of hydrogen-bond acceptors (Lipinski definition) is 4. The summed E-state index contributed by atoms with van der Waals surface area (Å²) in [6.45, 7) is 5.30. The Morgan fingerprint density at radius 1 is 1.31 bits per heavy atom. The van der Waals surface area contributed by atoms with E-state index in [1.165, 1.54) is 5.56 Å². The summed E-state index contributed by atoms with van der Waals surface area (Å²) in [6.07, 6.45) is 5.67. The van der Waals surface area contributed by atoms with E-state index in [9.17, 15) is 0 Å². The summed E-state index contributed by atoms with van der Waals surface area (Å²) in [5, 5.41) is 7.65. The SMILES string of the molecule is c1cnc2c(CN3CCNCC3)cnn2c1. The van der Waals surface area contributed by atoms with E-state index >= 15 is 0 Å². The van der Waals surface area contributed by atoms with E-state index in [2.05, 4.69) is 20.3 Å². The van der Waals surface area contributed by atoms with Crippen LogP contribution in [0.5, 0.6) is 0 Å². The van der Waals surface area contributed by atoms with E-state index in [-0.39, 0.29) is 0 Å². The van der Waals surface area contributed by atoms with Crippen LogP contribution in [0.2, 0.25) is 0 Å². The molecule has 0 aromatic carbocycles. The summed E-state index contributed by atoms with van der Waals surface area (Å²) in [4.78, 5) is 6.80. The molecule has 1 saturated heterocycles. The Kier molecular flexibility index (Phi) is 2.55. The first-order valence-electron chi connectivity index (χ1n) is 5.64. The molecule has 1 aliphatic heterocycles. The lowest BCUT2D eigenvalue weighted by Gasteiger charge is -2.26. The van der Waals surface area contributed by atoms with Crippen molar-refractivity contribution in [3.8, 4) is 0 Å². The van der Waals surface area contributed by atoms with Crippen LogP contribution in [0.25, 0.3) is 5.65 Å². The van der Waals surface area contributed by atoms with Crippen molar-refractivity contribution in [1.82, 2.24) is 24.8 Å². The Hall–Kier alpha value is -1.46. The zero-order chi connectivity index (χ0) is 10.8. The highest BCUT2D eigenvalue weighted by molar-refractivity contribution is 5.45. The number of nitrogens with one attached hydrogen (secondary N) is 1. The van der Waals surface area contributed by atoms with Crippen LogP contribution < -0.4 is 5.32 Å². The number of piperazine rings is 1. The lowest BCUT2D eigenvalue weighted by molar-refractivity contribution is 0.234. The highest BCUT2D eigenvalue weighted by Gasteiger charge is 2.12. The fourth-order valence-corrected chi connectivity index (χ4v) is 2.10. The molecule has 0 saturated carbocycles. The van der Waals surface area contributed by atoms with Crippen molar-refractivity contribution in [3.63, 3.8) is 0 Å². The van der Waals surface area contributed by atoms with Gasteiger partial charge in [0.15, 0.2) is 5.65 Å². The molecule has 2 aromatic rings. The van der Waals surface area contributed by atoms with Crippen LogP contribution in [0.3, 0.4) is 0 Å². The molecule has 0 unspecified atom stereocenters. The van der Waals surface area contributed by atoms with Crippen molar-refractivity contribution < 1.29 is 0 Å². The summed E-state index contributed by atoms with van der Waals surface area (Å²) >= 11 is 0. The highest BCUT2D eigenvalue weighted by Crippen LogP contribution is 2.10. The van der Waals surface area contributed by atoms with Gasteiger partial charge in [0.1, 0.15) is 0 Å². The molecule has 0 atom stereocenters. The van der Waals surface area contributed by atoms with Crippen molar-refractivity contribution in [2.24, 2.45) is 0 Å². The monoisotopic (exact) mass is 217 g/mol. The normalized spacial score (nSPS) is 18.0. The van der Waals surface area contributed by atoms with Gasteiger partial charge in [0.25, 0.3) is 0 Å². The number of rotatable bonds is 2. The third kappa shape index (κ3) is 1.79. The smallest absolute Gasteiger partial charge is 0.159 e. The van der Waals surface area contributed by atoms with Crippen LogP contribution in [0.15, 0.2) is 24.7 Å². The molecule has 5 heteroatoms. The van der Waals surface area contributed by atoms with Crippen molar-refractivity contribution in [2.75, 3.05) is 26.2 Å². The van der Waals surface area contributed by atoms with Crippen molar-refractivity contribution in [3.05, 3.63) is 30.2 Å². The zero-order valence-corrected chi connectivity index (χ0v) is 9.13. The molecule has 84 valence electrons. The van der Waals surface area contributed by atoms with Gasteiger partial charge < -0.3 is 5.32 Å². The standard InChI is InChI=1S/C11H15N5/c1-2-13-11-10(8-14-16(11)5-1)9-15-6-3-12-4-7-15/h1-2,5,8,12H,3-4,6-7,9H2. The predicted octanol–water partition coefficient (Wildman–Crippen LogP) is 0.134. The lowest BCUT2D eigenvalue weighted by Crippen LogP contribution is -2.42. The quantitative estimate of drug-likeness (QED) is 0.777. The van der Waals surface area contributed by atoms with Gasteiger partial charge in [0, 0.05) is 50.7 Å². The molecule has 0 amide bonds. The molecule has 0 bridgehead atoms. The number of fused-ring (bicyclic) bond motifs is 1. The molecule has 0 radical (unpaired) electrons. The fourth-order valence-electron chi connectivity index (χ4n) is 2.10. The predicted molar refractivity (Wildman–Crippen MR) is 61.1 cm³/mol. The zero-order valence-electron chi connectivity index (χ0n) is 9.13. The molecule has 1 aliphatic rings. The molecule has 0 spiro atoms. The molecule has 0 aliphatic carbocycles. The van der Waals surface area contributed by atoms with E-state index in [1.807, 2.05) is 29.2 Å². The maximum absolute atomic E-state index is 4.36. The van der Waals surface area contributed by atoms with Gasteiger partial charge in [-0.1, -0.05) is 0 Å². The van der Waals surface area contributed by atoms with Gasteiger partial charge in [-0.2, -0.15) is 5.10 Å². The number of aromatic nitrogens is 3. The fraction of sp³-hybridized carbons (Fsp3) is 0.455. The van der Waals surface area contributed by atoms with Crippen LogP contribution in [0.1, 0.15) is 5.56 Å². The molecular formula is C11H15N5. The lowest BCUT2D eigenvalue weighted by atomic mass is 10.2. The minimum absolute atomic E-state index is 0.947. The minimum Gasteiger partial charge on any atom is -0.314 e. The van der Waals surface area contributed by atoms with Gasteiger partial charge in [-0.05, 0) is 6.07 Å². The average Bonchev–Trinajstić information content (AvgIpc) is 2.74. The molecule has 1 fully saturated rings. The highest BCUT2D eigenvalue weighted by atomic mass is 15.2. The van der Waals surface area contributed by atoms with Crippen molar-refractivity contribution >= 4 is 5.65 Å². The van der Waals surface area contributed by atoms with Gasteiger partial charge >= 0.3 is 0 Å². The second-order valence-electron chi connectivity index (χ2n) is 4.08. The Balaban J connectivity index is 1.83. The van der Waals surface area contributed by atoms with Gasteiger partial charge in [0.2, 0.25) is 0 Å². The number of nitrogens with zero attached hydrogens (tertiary/aromatic N) is 4. The summed E-state index contributed by atoms with van der Waals surface area (Å²) in [6, 6.07) is 1.90. The van der Waals surface area contributed by atoms with Crippen LogP contribution in [-0.2, 0) is 6.54 Å². The molecular weight excluding hydrogens is 202 g/mol. The summed E-state index contributed by atoms with van der Waals surface area (Å²) in [5.74, 6) is 0. The first-order chi connectivity index (χ1) is 7.93. The number of hydrogen-bond donors (Lipinski definition) is 1. The average molecular weight is 217 g/mol. The van der Waals surface area contributed by atoms with Crippen LogP contribution in [0, 0.1) is 0 Å². The molecule has 3 heterocycles. The van der Waals surface area contributed by atoms with E-state index in [4.69, 9.17) is 0 Å². The van der Waals surface area contributed by atoms with E-state index in [0.717, 1.165) is 38.4 Å². The molecule has 3 rings (SSSR count). The second-order valence-corrected chi connectivity index (χ2v) is 4.08. The summed E-state index contributed by atoms with van der Waals surface area (Å²) in [5.41, 5.74) is 2.18. The topological polar surface area (TPSA) is 45.5 Å². The molecule has 2 aromatic heterocycles. The third-order valence-corrected chi connectivity index (χ3v) is 2.96. The molecule has 16 heavy (non-hydrogen) atoms. The maximum atomic E-state index is 4.36. The first kappa shape index (κ1) is 9.74. The molecule has 1 N–H and O–H groups in total.